The van der Waals surface area contributed by atoms with E-state index in [1.807, 2.05) is 32.1 Å². The van der Waals surface area contributed by atoms with E-state index >= 15 is 0 Å². The zero-order valence-corrected chi connectivity index (χ0v) is 17.7. The normalized spacial score (nSPS) is 19.4. The molecule has 3 rings (SSSR count). The van der Waals surface area contributed by atoms with Crippen molar-refractivity contribution in [3.8, 4) is 0 Å². The number of halogens is 3. The predicted molar refractivity (Wildman–Crippen MR) is 114 cm³/mol. The summed E-state index contributed by atoms with van der Waals surface area (Å²) in [6.45, 7) is 6.42. The van der Waals surface area contributed by atoms with Crippen LogP contribution in [0.3, 0.4) is 0 Å². The predicted octanol–water partition coefficient (Wildman–Crippen LogP) is 7.00. The van der Waals surface area contributed by atoms with Crippen molar-refractivity contribution in [3.63, 3.8) is 0 Å². The molecule has 1 aliphatic carbocycles. The number of benzene rings is 2. The van der Waals surface area contributed by atoms with Gasteiger partial charge in [0, 0.05) is 18.0 Å². The molecule has 1 aliphatic rings. The lowest BCUT2D eigenvalue weighted by molar-refractivity contribution is -0.0526. The van der Waals surface area contributed by atoms with Gasteiger partial charge in [-0.25, -0.2) is 8.78 Å². The van der Waals surface area contributed by atoms with E-state index in [2.05, 4.69) is 12.1 Å². The highest BCUT2D eigenvalue weighted by Gasteiger charge is 2.48. The van der Waals surface area contributed by atoms with Gasteiger partial charge < -0.3 is 5.73 Å². The minimum absolute atomic E-state index is 0.0813. The molecule has 0 fully saturated rings. The molecule has 2 atom stereocenters. The van der Waals surface area contributed by atoms with Gasteiger partial charge in [0.05, 0.1) is 5.41 Å². The molecule has 0 aromatic heterocycles. The van der Waals surface area contributed by atoms with Gasteiger partial charge in [-0.3, -0.25) is 0 Å². The molecule has 1 nitrogen and oxygen atoms in total. The molecule has 2 aromatic carbocycles. The van der Waals surface area contributed by atoms with Crippen molar-refractivity contribution in [2.75, 3.05) is 0 Å². The Labute approximate surface area is 171 Å². The Morgan fingerprint density at radius 3 is 2.54 bits per heavy atom. The van der Waals surface area contributed by atoms with Crippen molar-refractivity contribution < 1.29 is 8.78 Å². The van der Waals surface area contributed by atoms with Crippen molar-refractivity contribution in [1.82, 2.24) is 0 Å². The quantitative estimate of drug-likeness (QED) is 0.571. The van der Waals surface area contributed by atoms with E-state index in [1.54, 1.807) is 19.1 Å². The lowest BCUT2D eigenvalue weighted by atomic mass is 9.71. The third-order valence-corrected chi connectivity index (χ3v) is 6.40. The summed E-state index contributed by atoms with van der Waals surface area (Å²) >= 11 is 6.20. The largest absolute Gasteiger partial charge is 0.324 e. The summed E-state index contributed by atoms with van der Waals surface area (Å²) in [6.07, 6.45) is 4.04. The number of rotatable bonds is 5. The van der Waals surface area contributed by atoms with Crippen LogP contribution in [0.1, 0.15) is 67.5 Å². The van der Waals surface area contributed by atoms with Gasteiger partial charge in [0.1, 0.15) is 0 Å². The first-order chi connectivity index (χ1) is 13.0. The van der Waals surface area contributed by atoms with E-state index in [4.69, 9.17) is 17.3 Å². The van der Waals surface area contributed by atoms with Gasteiger partial charge in [0.25, 0.3) is 5.92 Å². The lowest BCUT2D eigenvalue weighted by Gasteiger charge is -2.37. The van der Waals surface area contributed by atoms with Crippen LogP contribution in [0.2, 0.25) is 5.02 Å². The minimum Gasteiger partial charge on any atom is -0.324 e. The molecule has 0 aliphatic heterocycles. The molecule has 0 saturated heterocycles. The Hall–Kier alpha value is -1.71. The molecule has 0 spiro atoms. The number of nitrogens with two attached hydrogens (primary N) is 1. The maximum Gasteiger partial charge on any atom is 0.254 e. The fraction of sp³-hybridized carbons (Fsp3) is 0.417. The summed E-state index contributed by atoms with van der Waals surface area (Å²) in [5.74, 6) is -2.92. The fourth-order valence-electron chi connectivity index (χ4n) is 4.17. The number of hydrogen-bond donors (Lipinski definition) is 1. The van der Waals surface area contributed by atoms with Crippen LogP contribution < -0.4 is 5.73 Å². The highest BCUT2D eigenvalue weighted by atomic mass is 35.5. The Morgan fingerprint density at radius 2 is 1.93 bits per heavy atom. The van der Waals surface area contributed by atoms with E-state index in [-0.39, 0.29) is 12.5 Å². The second-order valence-corrected chi connectivity index (χ2v) is 8.72. The first kappa shape index (κ1) is 21.0. The fourth-order valence-corrected chi connectivity index (χ4v) is 4.46. The summed E-state index contributed by atoms with van der Waals surface area (Å²) in [5, 5.41) is 0.485. The van der Waals surface area contributed by atoms with Crippen LogP contribution in [-0.4, -0.2) is 5.92 Å². The average molecular weight is 404 g/mol. The third kappa shape index (κ3) is 3.88. The zero-order chi connectivity index (χ0) is 20.7. The van der Waals surface area contributed by atoms with Crippen molar-refractivity contribution in [2.45, 2.75) is 64.3 Å². The maximum absolute atomic E-state index is 14.9. The van der Waals surface area contributed by atoms with Gasteiger partial charge in [-0.1, -0.05) is 41.9 Å². The van der Waals surface area contributed by atoms with Crippen LogP contribution in [0.25, 0.3) is 5.57 Å². The second-order valence-electron chi connectivity index (χ2n) is 8.29. The number of fused-ring (bicyclic) bond motifs is 1. The maximum atomic E-state index is 14.9. The molecule has 2 aromatic rings. The molecule has 0 amide bonds. The standard InChI is InChI=1S/C24H28ClF2N/c1-5-16(17-6-8-21-18(12-17)7-9-22(21)28)14-23(3,24(4,26)27)19-10-15(2)11-20(25)13-19/h5-6,8,10-13,22H,7,9,14,28H2,1-4H3/b16-5+. The number of aryl methyl sites for hydroxylation is 2. The minimum atomic E-state index is -2.92. The third-order valence-electron chi connectivity index (χ3n) is 6.18. The molecule has 28 heavy (non-hydrogen) atoms. The van der Waals surface area contributed by atoms with Crippen molar-refractivity contribution in [3.05, 3.63) is 75.3 Å². The Bertz CT molecular complexity index is 893. The molecular weight excluding hydrogens is 376 g/mol. The molecule has 2 unspecified atom stereocenters. The summed E-state index contributed by atoms with van der Waals surface area (Å²) in [6, 6.07) is 11.5. The van der Waals surface area contributed by atoms with Crippen molar-refractivity contribution >= 4 is 17.2 Å². The van der Waals surface area contributed by atoms with Gasteiger partial charge >= 0.3 is 0 Å². The van der Waals surface area contributed by atoms with Gasteiger partial charge in [-0.15, -0.1) is 0 Å². The van der Waals surface area contributed by atoms with Gasteiger partial charge in [0.2, 0.25) is 0 Å². The van der Waals surface area contributed by atoms with Crippen molar-refractivity contribution in [2.24, 2.45) is 5.73 Å². The molecule has 0 saturated carbocycles. The van der Waals surface area contributed by atoms with Crippen molar-refractivity contribution in [1.29, 1.82) is 0 Å². The topological polar surface area (TPSA) is 26.0 Å². The van der Waals surface area contributed by atoms with E-state index in [1.165, 1.54) is 11.1 Å². The van der Waals surface area contributed by atoms with Crippen LogP contribution in [-0.2, 0) is 11.8 Å². The molecule has 2 N–H and O–H groups in total. The SMILES string of the molecule is C/C=C(\CC(C)(c1cc(C)cc(Cl)c1)C(C)(F)F)c1ccc2c(c1)CCC2N. The summed E-state index contributed by atoms with van der Waals surface area (Å²) in [7, 11) is 0. The first-order valence-electron chi connectivity index (χ1n) is 9.74. The van der Waals surface area contributed by atoms with Gasteiger partial charge in [-0.05, 0) is 85.6 Å². The molecular formula is C24H28ClF2N. The Balaban J connectivity index is 2.03. The highest BCUT2D eigenvalue weighted by Crippen LogP contribution is 2.47. The average Bonchev–Trinajstić information content (AvgIpc) is 2.98. The van der Waals surface area contributed by atoms with Crippen LogP contribution >= 0.6 is 11.6 Å². The van der Waals surface area contributed by atoms with E-state index in [9.17, 15) is 8.78 Å². The van der Waals surface area contributed by atoms with E-state index < -0.39 is 11.3 Å². The second kappa shape index (κ2) is 7.61. The summed E-state index contributed by atoms with van der Waals surface area (Å²) < 4.78 is 29.8. The molecule has 150 valence electrons. The number of alkyl halides is 2. The van der Waals surface area contributed by atoms with Gasteiger partial charge in [0.15, 0.2) is 0 Å². The Kier molecular flexibility index (Phi) is 5.71. The van der Waals surface area contributed by atoms with E-state index in [0.717, 1.165) is 36.5 Å². The van der Waals surface area contributed by atoms with Crippen LogP contribution in [0, 0.1) is 6.92 Å². The molecule has 4 heteroatoms. The van der Waals surface area contributed by atoms with E-state index in [0.29, 0.717) is 10.6 Å². The smallest absolute Gasteiger partial charge is 0.254 e. The number of allylic oxidation sites excluding steroid dienone is 2. The molecule has 0 radical (unpaired) electrons. The number of hydrogen-bond acceptors (Lipinski definition) is 1. The van der Waals surface area contributed by atoms with Crippen LogP contribution in [0.5, 0.6) is 0 Å². The highest BCUT2D eigenvalue weighted by molar-refractivity contribution is 6.30. The van der Waals surface area contributed by atoms with Crippen LogP contribution in [0.15, 0.2) is 42.5 Å². The van der Waals surface area contributed by atoms with Crippen LogP contribution in [0.4, 0.5) is 8.78 Å². The Morgan fingerprint density at radius 1 is 1.21 bits per heavy atom. The lowest BCUT2D eigenvalue weighted by Crippen LogP contribution is -2.41. The van der Waals surface area contributed by atoms with Gasteiger partial charge in [-0.2, -0.15) is 0 Å². The zero-order valence-electron chi connectivity index (χ0n) is 17.0. The first-order valence-corrected chi connectivity index (χ1v) is 10.1. The summed E-state index contributed by atoms with van der Waals surface area (Å²) in [4.78, 5) is 0. The summed E-state index contributed by atoms with van der Waals surface area (Å²) in [5.41, 5.74) is 10.5. The monoisotopic (exact) mass is 403 g/mol. The molecule has 0 bridgehead atoms. The molecule has 0 heterocycles.